The van der Waals surface area contributed by atoms with E-state index in [1.54, 1.807) is 13.3 Å². The molecule has 2 N–H and O–H groups in total. The van der Waals surface area contributed by atoms with Crippen LogP contribution in [0.4, 0.5) is 11.6 Å². The van der Waals surface area contributed by atoms with Gasteiger partial charge in [0.15, 0.2) is 0 Å². The number of aromatic nitrogens is 2. The van der Waals surface area contributed by atoms with Crippen LogP contribution in [-0.4, -0.2) is 27.7 Å². The zero-order valence-electron chi connectivity index (χ0n) is 14.0. The topological polar surface area (TPSA) is 61.3 Å². The average molecular weight is 312 g/mol. The van der Waals surface area contributed by atoms with Crippen molar-refractivity contribution in [3.05, 3.63) is 47.3 Å². The molecule has 1 atom stereocenters. The van der Waals surface area contributed by atoms with Crippen LogP contribution in [0.25, 0.3) is 0 Å². The summed E-state index contributed by atoms with van der Waals surface area (Å²) in [5.74, 6) is 1.81. The lowest BCUT2D eigenvalue weighted by atomic mass is 9.96. The second-order valence-electron chi connectivity index (χ2n) is 6.44. The fourth-order valence-corrected chi connectivity index (χ4v) is 2.92. The maximum Gasteiger partial charge on any atom is 0.134 e. The summed E-state index contributed by atoms with van der Waals surface area (Å²) in [6, 6.07) is 8.62. The highest BCUT2D eigenvalue weighted by Gasteiger charge is 2.19. The zero-order chi connectivity index (χ0) is 16.4. The smallest absolute Gasteiger partial charge is 0.134 e. The van der Waals surface area contributed by atoms with E-state index in [4.69, 9.17) is 0 Å². The summed E-state index contributed by atoms with van der Waals surface area (Å²) < 4.78 is 0. The fourth-order valence-electron chi connectivity index (χ4n) is 2.92. The normalized spacial score (nSPS) is 15.4. The Labute approximate surface area is 137 Å². The third kappa shape index (κ3) is 3.62. The van der Waals surface area contributed by atoms with Crippen LogP contribution in [-0.2, 0) is 13.0 Å². The monoisotopic (exact) mass is 312 g/mol. The number of nitrogens with one attached hydrogen (secondary N) is 1. The van der Waals surface area contributed by atoms with Gasteiger partial charge in [-0.25, -0.2) is 9.97 Å². The lowest BCUT2D eigenvalue weighted by molar-refractivity contribution is 0.199. The van der Waals surface area contributed by atoms with E-state index < -0.39 is 6.10 Å². The summed E-state index contributed by atoms with van der Waals surface area (Å²) in [6.45, 7) is 7.76. The number of fused-ring (bicyclic) bond motifs is 1. The number of aliphatic hydroxyl groups excluding tert-OH is 1. The molecule has 0 unspecified atom stereocenters. The first-order valence-corrected chi connectivity index (χ1v) is 8.16. The summed E-state index contributed by atoms with van der Waals surface area (Å²) in [4.78, 5) is 11.0. The van der Waals surface area contributed by atoms with Gasteiger partial charge < -0.3 is 15.3 Å². The van der Waals surface area contributed by atoms with Gasteiger partial charge in [-0.15, -0.1) is 0 Å². The lowest BCUT2D eigenvalue weighted by Gasteiger charge is -2.30. The molecule has 0 aliphatic carbocycles. The SMILES string of the molecule is CC(C)Nc1cc(N2CCc3cc([C@H](C)O)ccc3C2)ncn1. The van der Waals surface area contributed by atoms with Gasteiger partial charge in [0.1, 0.15) is 18.0 Å². The van der Waals surface area contributed by atoms with E-state index in [9.17, 15) is 5.11 Å². The van der Waals surface area contributed by atoms with E-state index in [0.29, 0.717) is 6.04 Å². The molecule has 0 spiro atoms. The minimum absolute atomic E-state index is 0.346. The van der Waals surface area contributed by atoms with Gasteiger partial charge in [0.05, 0.1) is 6.10 Å². The maximum atomic E-state index is 9.72. The predicted molar refractivity (Wildman–Crippen MR) is 92.6 cm³/mol. The van der Waals surface area contributed by atoms with Crippen LogP contribution in [0, 0.1) is 0 Å². The van der Waals surface area contributed by atoms with Crippen LogP contribution in [0.1, 0.15) is 43.6 Å². The van der Waals surface area contributed by atoms with E-state index in [1.165, 1.54) is 11.1 Å². The summed E-state index contributed by atoms with van der Waals surface area (Å²) in [6.07, 6.45) is 2.17. The molecule has 3 rings (SSSR count). The summed E-state index contributed by atoms with van der Waals surface area (Å²) in [5.41, 5.74) is 3.62. The highest BCUT2D eigenvalue weighted by atomic mass is 16.3. The second-order valence-corrected chi connectivity index (χ2v) is 6.44. The molecule has 122 valence electrons. The molecule has 2 aromatic rings. The van der Waals surface area contributed by atoms with Gasteiger partial charge in [-0.05, 0) is 43.9 Å². The minimum Gasteiger partial charge on any atom is -0.389 e. The molecule has 5 nitrogen and oxygen atoms in total. The second kappa shape index (κ2) is 6.54. The Bertz CT molecular complexity index is 684. The first-order chi connectivity index (χ1) is 11.0. The molecule has 5 heteroatoms. The molecule has 1 aliphatic rings. The van der Waals surface area contributed by atoms with Gasteiger partial charge in [0, 0.05) is 25.2 Å². The van der Waals surface area contributed by atoms with Crippen LogP contribution >= 0.6 is 0 Å². The van der Waals surface area contributed by atoms with Crippen molar-refractivity contribution < 1.29 is 5.11 Å². The van der Waals surface area contributed by atoms with Crippen molar-refractivity contribution in [3.8, 4) is 0 Å². The molecular formula is C18H24N4O. The van der Waals surface area contributed by atoms with E-state index in [2.05, 4.69) is 46.2 Å². The average Bonchev–Trinajstić information content (AvgIpc) is 2.53. The van der Waals surface area contributed by atoms with E-state index in [1.807, 2.05) is 12.1 Å². The van der Waals surface area contributed by atoms with Crippen molar-refractivity contribution in [2.75, 3.05) is 16.8 Å². The first-order valence-electron chi connectivity index (χ1n) is 8.16. The van der Waals surface area contributed by atoms with Crippen LogP contribution in [0.5, 0.6) is 0 Å². The number of nitrogens with zero attached hydrogens (tertiary/aromatic N) is 3. The summed E-state index contributed by atoms with van der Waals surface area (Å²) in [7, 11) is 0. The molecule has 0 radical (unpaired) electrons. The Morgan fingerprint density at radius 2 is 1.96 bits per heavy atom. The van der Waals surface area contributed by atoms with Crippen LogP contribution in [0.2, 0.25) is 0 Å². The van der Waals surface area contributed by atoms with Crippen LogP contribution in [0.3, 0.4) is 0 Å². The Morgan fingerprint density at radius 3 is 2.70 bits per heavy atom. The first kappa shape index (κ1) is 15.7. The molecule has 0 saturated carbocycles. The number of anilines is 2. The molecular weight excluding hydrogens is 288 g/mol. The Balaban J connectivity index is 1.79. The van der Waals surface area contributed by atoms with E-state index in [0.717, 1.165) is 36.7 Å². The number of benzene rings is 1. The largest absolute Gasteiger partial charge is 0.389 e. The van der Waals surface area contributed by atoms with E-state index in [-0.39, 0.29) is 0 Å². The standard InChI is InChI=1S/C18H24N4O/c1-12(2)21-17-9-18(20-11-19-17)22-7-6-15-8-14(13(3)23)4-5-16(15)10-22/h4-5,8-9,11-13,23H,6-7,10H2,1-3H3,(H,19,20,21)/t13-/m0/s1. The number of hydrogen-bond donors (Lipinski definition) is 2. The van der Waals surface area contributed by atoms with Crippen molar-refractivity contribution >= 4 is 11.6 Å². The predicted octanol–water partition coefficient (Wildman–Crippen LogP) is 2.91. The number of rotatable bonds is 4. The third-order valence-electron chi connectivity index (χ3n) is 4.14. The van der Waals surface area contributed by atoms with Crippen LogP contribution in [0.15, 0.2) is 30.6 Å². The minimum atomic E-state index is -0.412. The molecule has 0 amide bonds. The third-order valence-corrected chi connectivity index (χ3v) is 4.14. The molecule has 0 saturated heterocycles. The zero-order valence-corrected chi connectivity index (χ0v) is 14.0. The highest BCUT2D eigenvalue weighted by Crippen LogP contribution is 2.26. The maximum absolute atomic E-state index is 9.72. The summed E-state index contributed by atoms with van der Waals surface area (Å²) >= 11 is 0. The lowest BCUT2D eigenvalue weighted by Crippen LogP contribution is -2.31. The molecule has 0 bridgehead atoms. The Kier molecular flexibility index (Phi) is 4.48. The van der Waals surface area contributed by atoms with Crippen molar-refractivity contribution in [2.24, 2.45) is 0 Å². The molecule has 23 heavy (non-hydrogen) atoms. The van der Waals surface area contributed by atoms with Crippen molar-refractivity contribution in [2.45, 2.75) is 45.9 Å². The molecule has 0 fully saturated rings. The molecule has 1 aromatic carbocycles. The van der Waals surface area contributed by atoms with Crippen molar-refractivity contribution in [1.82, 2.24) is 9.97 Å². The van der Waals surface area contributed by atoms with Gasteiger partial charge >= 0.3 is 0 Å². The van der Waals surface area contributed by atoms with Gasteiger partial charge in [-0.1, -0.05) is 18.2 Å². The number of aliphatic hydroxyl groups is 1. The van der Waals surface area contributed by atoms with Crippen molar-refractivity contribution in [1.29, 1.82) is 0 Å². The fraction of sp³-hybridized carbons (Fsp3) is 0.444. The van der Waals surface area contributed by atoms with Crippen LogP contribution < -0.4 is 10.2 Å². The molecule has 2 heterocycles. The Morgan fingerprint density at radius 1 is 1.13 bits per heavy atom. The van der Waals surface area contributed by atoms with Crippen molar-refractivity contribution in [3.63, 3.8) is 0 Å². The van der Waals surface area contributed by atoms with Gasteiger partial charge in [0.2, 0.25) is 0 Å². The quantitative estimate of drug-likeness (QED) is 0.909. The Hall–Kier alpha value is -2.14. The van der Waals surface area contributed by atoms with Gasteiger partial charge in [0.25, 0.3) is 0 Å². The summed E-state index contributed by atoms with van der Waals surface area (Å²) in [5, 5.41) is 13.0. The van der Waals surface area contributed by atoms with E-state index >= 15 is 0 Å². The highest BCUT2D eigenvalue weighted by molar-refractivity contribution is 5.51. The van der Waals surface area contributed by atoms with Gasteiger partial charge in [-0.3, -0.25) is 0 Å². The molecule has 1 aliphatic heterocycles. The number of hydrogen-bond acceptors (Lipinski definition) is 5. The molecule has 1 aromatic heterocycles. The van der Waals surface area contributed by atoms with Gasteiger partial charge in [-0.2, -0.15) is 0 Å².